The van der Waals surface area contributed by atoms with Gasteiger partial charge in [0.25, 0.3) is 0 Å². The van der Waals surface area contributed by atoms with Gasteiger partial charge in [-0.1, -0.05) is 19.4 Å². The molecule has 2 aromatic rings. The van der Waals surface area contributed by atoms with Crippen molar-refractivity contribution in [3.8, 4) is 5.75 Å². The van der Waals surface area contributed by atoms with Crippen LogP contribution >= 0.6 is 0 Å². The third-order valence-electron chi connectivity index (χ3n) is 9.56. The maximum Gasteiger partial charge on any atom is 0.223 e. The summed E-state index contributed by atoms with van der Waals surface area (Å²) in [5, 5.41) is 17.6. The number of rotatable bonds is 11. The van der Waals surface area contributed by atoms with Crippen LogP contribution in [-0.2, 0) is 29.2 Å². The predicted molar refractivity (Wildman–Crippen MR) is 168 cm³/mol. The van der Waals surface area contributed by atoms with Crippen molar-refractivity contribution in [3.63, 3.8) is 0 Å². The molecule has 4 heterocycles. The lowest BCUT2D eigenvalue weighted by Crippen LogP contribution is -2.54. The number of aliphatic hydroxyl groups is 1. The Morgan fingerprint density at radius 2 is 2.00 bits per heavy atom. The van der Waals surface area contributed by atoms with Gasteiger partial charge >= 0.3 is 0 Å². The molecule has 0 bridgehead atoms. The highest BCUT2D eigenvalue weighted by atomic mass is 16.5. The van der Waals surface area contributed by atoms with Gasteiger partial charge in [-0.15, -0.1) is 0 Å². The van der Waals surface area contributed by atoms with E-state index in [1.165, 1.54) is 23.9 Å². The zero-order valence-corrected chi connectivity index (χ0v) is 26.3. The molecule has 4 aliphatic rings. The number of carbonyl (C=O) groups is 2. The number of nitrogens with one attached hydrogen (secondary N) is 2. The van der Waals surface area contributed by atoms with Crippen LogP contribution in [0, 0.1) is 5.92 Å². The molecule has 1 saturated heterocycles. The fourth-order valence-electron chi connectivity index (χ4n) is 6.69. The first-order valence-corrected chi connectivity index (χ1v) is 16.6. The number of hydrogen-bond acceptors (Lipinski definition) is 10. The normalized spacial score (nSPS) is 23.1. The fourth-order valence-corrected chi connectivity index (χ4v) is 6.69. The molecular formula is C33H47N7O5. The molecule has 1 aromatic heterocycles. The molecule has 1 saturated carbocycles. The highest BCUT2D eigenvalue weighted by Gasteiger charge is 2.34. The topological polar surface area (TPSA) is 136 Å². The summed E-state index contributed by atoms with van der Waals surface area (Å²) in [6.45, 7) is 7.39. The Labute approximate surface area is 265 Å². The molecule has 1 aromatic carbocycles. The summed E-state index contributed by atoms with van der Waals surface area (Å²) in [7, 11) is 0. The summed E-state index contributed by atoms with van der Waals surface area (Å²) >= 11 is 0. The maximum atomic E-state index is 13.4. The van der Waals surface area contributed by atoms with Crippen LogP contribution in [0.1, 0.15) is 62.3 Å². The van der Waals surface area contributed by atoms with E-state index >= 15 is 0 Å². The van der Waals surface area contributed by atoms with Crippen LogP contribution in [0.2, 0.25) is 0 Å². The zero-order chi connectivity index (χ0) is 31.2. The lowest BCUT2D eigenvalue weighted by Gasteiger charge is -2.40. The van der Waals surface area contributed by atoms with E-state index < -0.39 is 6.10 Å². The number of fused-ring (bicyclic) bond motifs is 1. The Hall–Kier alpha value is -3.48. The Bertz CT molecular complexity index is 1320. The van der Waals surface area contributed by atoms with Crippen LogP contribution in [-0.4, -0.2) is 107 Å². The second-order valence-electron chi connectivity index (χ2n) is 12.8. The van der Waals surface area contributed by atoms with Gasteiger partial charge in [0.15, 0.2) is 12.2 Å². The third kappa shape index (κ3) is 8.22. The minimum Gasteiger partial charge on any atom is -0.486 e. The number of ether oxygens (including phenoxy) is 1. The summed E-state index contributed by atoms with van der Waals surface area (Å²) in [6.07, 6.45) is 8.47. The quantitative estimate of drug-likeness (QED) is 0.344. The first-order chi connectivity index (χ1) is 21.9. The van der Waals surface area contributed by atoms with Crippen molar-refractivity contribution in [2.75, 3.05) is 45.8 Å². The number of amidine groups is 1. The SMILES string of the molecule is CCC(=O)N1CCN(C2=NC(NC3CCC3)CC(C(=O)NC[C@H](O)CN3CCc4cc(OCc5cnco5)ccc4C3)C2)CC1. The molecule has 1 aliphatic carbocycles. The Kier molecular flexibility index (Phi) is 10.3. The van der Waals surface area contributed by atoms with Gasteiger partial charge in [-0.2, -0.15) is 0 Å². The van der Waals surface area contributed by atoms with Crippen LogP contribution in [0.25, 0.3) is 0 Å². The van der Waals surface area contributed by atoms with Gasteiger partial charge in [-0.3, -0.25) is 24.8 Å². The van der Waals surface area contributed by atoms with Crippen LogP contribution in [0.4, 0.5) is 0 Å². The van der Waals surface area contributed by atoms with Crippen LogP contribution in [0.15, 0.2) is 40.2 Å². The monoisotopic (exact) mass is 621 g/mol. The summed E-state index contributed by atoms with van der Waals surface area (Å²) in [5.41, 5.74) is 2.48. The van der Waals surface area contributed by atoms with Crippen molar-refractivity contribution in [2.45, 2.75) is 83.3 Å². The average Bonchev–Trinajstić information content (AvgIpc) is 3.58. The van der Waals surface area contributed by atoms with E-state index in [9.17, 15) is 14.7 Å². The van der Waals surface area contributed by atoms with Gasteiger partial charge in [0.2, 0.25) is 11.8 Å². The number of oxazole rings is 1. The number of amides is 2. The first kappa shape index (κ1) is 31.5. The van der Waals surface area contributed by atoms with Crippen molar-refractivity contribution in [1.82, 2.24) is 30.3 Å². The van der Waals surface area contributed by atoms with Gasteiger partial charge < -0.3 is 29.4 Å². The number of piperazine rings is 1. The van der Waals surface area contributed by atoms with Gasteiger partial charge in [-0.25, -0.2) is 4.98 Å². The molecule has 3 aliphatic heterocycles. The Morgan fingerprint density at radius 3 is 2.73 bits per heavy atom. The minimum atomic E-state index is -0.662. The third-order valence-corrected chi connectivity index (χ3v) is 9.56. The number of aromatic nitrogens is 1. The molecule has 0 spiro atoms. The molecule has 12 nitrogen and oxygen atoms in total. The summed E-state index contributed by atoms with van der Waals surface area (Å²) in [4.78, 5) is 41.0. The van der Waals surface area contributed by atoms with E-state index in [2.05, 4.69) is 37.6 Å². The molecule has 3 atom stereocenters. The van der Waals surface area contributed by atoms with Gasteiger partial charge in [0, 0.05) is 77.2 Å². The summed E-state index contributed by atoms with van der Waals surface area (Å²) in [6, 6.07) is 6.60. The molecule has 0 radical (unpaired) electrons. The molecule has 244 valence electrons. The van der Waals surface area contributed by atoms with E-state index in [0.29, 0.717) is 57.3 Å². The van der Waals surface area contributed by atoms with Crippen molar-refractivity contribution < 1.29 is 23.8 Å². The smallest absolute Gasteiger partial charge is 0.223 e. The highest BCUT2D eigenvalue weighted by Crippen LogP contribution is 2.27. The number of benzene rings is 1. The van der Waals surface area contributed by atoms with Gasteiger partial charge in [-0.05, 0) is 48.9 Å². The van der Waals surface area contributed by atoms with Crippen LogP contribution in [0.5, 0.6) is 5.75 Å². The molecular weight excluding hydrogens is 574 g/mol. The van der Waals surface area contributed by atoms with Crippen molar-refractivity contribution in [1.29, 1.82) is 0 Å². The summed E-state index contributed by atoms with van der Waals surface area (Å²) < 4.78 is 11.1. The number of aliphatic hydroxyl groups excluding tert-OH is 1. The summed E-state index contributed by atoms with van der Waals surface area (Å²) in [5.74, 6) is 2.40. The largest absolute Gasteiger partial charge is 0.486 e. The van der Waals surface area contributed by atoms with Crippen molar-refractivity contribution >= 4 is 17.6 Å². The number of carbonyl (C=O) groups excluding carboxylic acids is 2. The zero-order valence-electron chi connectivity index (χ0n) is 26.3. The minimum absolute atomic E-state index is 0.0245. The number of aliphatic imine (C=N–C) groups is 1. The van der Waals surface area contributed by atoms with E-state index in [1.807, 2.05) is 17.9 Å². The van der Waals surface area contributed by atoms with E-state index in [-0.39, 0.29) is 30.4 Å². The van der Waals surface area contributed by atoms with E-state index in [4.69, 9.17) is 14.1 Å². The Balaban J connectivity index is 0.976. The second kappa shape index (κ2) is 14.7. The molecule has 45 heavy (non-hydrogen) atoms. The van der Waals surface area contributed by atoms with Gasteiger partial charge in [0.05, 0.1) is 12.3 Å². The van der Waals surface area contributed by atoms with Gasteiger partial charge in [0.1, 0.15) is 24.4 Å². The lowest BCUT2D eigenvalue weighted by atomic mass is 9.90. The molecule has 2 fully saturated rings. The molecule has 3 N–H and O–H groups in total. The lowest BCUT2D eigenvalue weighted by molar-refractivity contribution is -0.132. The molecule has 12 heteroatoms. The fraction of sp³-hybridized carbons (Fsp3) is 0.636. The molecule has 2 unspecified atom stereocenters. The molecule has 6 rings (SSSR count). The van der Waals surface area contributed by atoms with Crippen molar-refractivity contribution in [3.05, 3.63) is 47.7 Å². The maximum absolute atomic E-state index is 13.4. The average molecular weight is 622 g/mol. The molecule has 2 amide bonds. The number of hydrogen-bond donors (Lipinski definition) is 3. The first-order valence-electron chi connectivity index (χ1n) is 16.6. The number of nitrogens with zero attached hydrogens (tertiary/aromatic N) is 5. The van der Waals surface area contributed by atoms with Crippen LogP contribution in [0.3, 0.4) is 0 Å². The van der Waals surface area contributed by atoms with E-state index in [0.717, 1.165) is 57.0 Å². The van der Waals surface area contributed by atoms with Crippen molar-refractivity contribution in [2.24, 2.45) is 10.9 Å². The standard InChI is InChI=1S/C33H47N7O5/c1-2-32(42)40-12-10-39(11-13-40)31-16-25(15-30(37-31)36-26-4-3-5-26)33(43)35-17-27(41)20-38-9-8-23-14-28(7-6-24(23)19-38)44-21-29-18-34-22-45-29/h6-7,14,18,22,25-27,30,36,41H,2-5,8-13,15-17,19-21H2,1H3,(H,35,43)/t25?,27-,30?/m0/s1. The highest BCUT2D eigenvalue weighted by molar-refractivity contribution is 5.90. The Morgan fingerprint density at radius 1 is 1.16 bits per heavy atom. The predicted octanol–water partition coefficient (Wildman–Crippen LogP) is 1.92. The number of β-amino-alcohol motifs (C(OH)–C–C–N with tert-alkyl or cyclic N) is 1. The van der Waals surface area contributed by atoms with E-state index in [1.54, 1.807) is 6.20 Å². The van der Waals surface area contributed by atoms with Crippen LogP contribution < -0.4 is 15.4 Å². The second-order valence-corrected chi connectivity index (χ2v) is 12.8.